The third-order valence-corrected chi connectivity index (χ3v) is 1.93. The molecule has 0 rings (SSSR count). The summed E-state index contributed by atoms with van der Waals surface area (Å²) in [6.45, 7) is 6.10. The Kier molecular flexibility index (Phi) is 2.65. The van der Waals surface area contributed by atoms with Crippen molar-refractivity contribution in [2.24, 2.45) is 0 Å². The summed E-state index contributed by atoms with van der Waals surface area (Å²) in [5.74, 6) is 0. The molecule has 0 N–H and O–H groups in total. The molecule has 1 radical (unpaired) electrons. The maximum Gasteiger partial charge on any atom is 0.0699 e. The van der Waals surface area contributed by atoms with Gasteiger partial charge in [0.2, 0.25) is 0 Å². The van der Waals surface area contributed by atoms with Gasteiger partial charge in [-0.1, -0.05) is 0 Å². The quantitative estimate of drug-likeness (QED) is 0.505. The van der Waals surface area contributed by atoms with Gasteiger partial charge in [-0.25, -0.2) is 0 Å². The second-order valence-electron chi connectivity index (χ2n) is 3.01. The van der Waals surface area contributed by atoms with Crippen LogP contribution in [0.3, 0.4) is 0 Å². The molecule has 0 atom stereocenters. The molecule has 0 unspecified atom stereocenters. The lowest BCUT2D eigenvalue weighted by Crippen LogP contribution is -2.50. The summed E-state index contributed by atoms with van der Waals surface area (Å²) in [6.07, 6.45) is 0. The molecule has 0 heterocycles. The predicted molar refractivity (Wildman–Crippen MR) is 41.1 cm³/mol. The van der Waals surface area contributed by atoms with Gasteiger partial charge >= 0.3 is 0 Å². The summed E-state index contributed by atoms with van der Waals surface area (Å²) < 4.78 is 0. The molecular weight excluding hydrogens is 112 g/mol. The molecule has 0 aromatic carbocycles. The van der Waals surface area contributed by atoms with Crippen LogP contribution in [0, 0.1) is 6.92 Å². The van der Waals surface area contributed by atoms with E-state index in [4.69, 9.17) is 0 Å². The van der Waals surface area contributed by atoms with Crippen LogP contribution in [0.4, 0.5) is 0 Å². The van der Waals surface area contributed by atoms with Gasteiger partial charge in [0, 0.05) is 0 Å². The van der Waals surface area contributed by atoms with Gasteiger partial charge in [-0.05, 0) is 42.0 Å². The Morgan fingerprint density at radius 3 is 1.22 bits per heavy atom. The first-order valence-electron chi connectivity index (χ1n) is 3.09. The molecule has 0 fully saturated rings. The Bertz CT molecular complexity index is 74.9. The molecular formula is C7H17N2. The Balaban J connectivity index is 4.01. The van der Waals surface area contributed by atoms with Gasteiger partial charge in [-0.3, -0.25) is 9.80 Å². The zero-order valence-electron chi connectivity index (χ0n) is 7.10. The molecule has 2 heteroatoms. The lowest BCUT2D eigenvalue weighted by atomic mass is 10.2. The van der Waals surface area contributed by atoms with Crippen LogP contribution in [0.1, 0.15) is 6.92 Å². The van der Waals surface area contributed by atoms with E-state index in [1.54, 1.807) is 0 Å². The van der Waals surface area contributed by atoms with Crippen LogP contribution in [0.25, 0.3) is 0 Å². The number of hydrogen-bond donors (Lipinski definition) is 0. The monoisotopic (exact) mass is 129 g/mol. The fourth-order valence-electron chi connectivity index (χ4n) is 0.400. The molecule has 9 heavy (non-hydrogen) atoms. The van der Waals surface area contributed by atoms with E-state index < -0.39 is 0 Å². The Morgan fingerprint density at radius 1 is 1.00 bits per heavy atom. The zero-order valence-corrected chi connectivity index (χ0v) is 7.10. The summed E-state index contributed by atoms with van der Waals surface area (Å²) in [5.41, 5.74) is -0.0833. The third kappa shape index (κ3) is 1.95. The van der Waals surface area contributed by atoms with E-state index in [0.717, 1.165) is 0 Å². The molecule has 0 aliphatic carbocycles. The van der Waals surface area contributed by atoms with Crippen LogP contribution >= 0.6 is 0 Å². The van der Waals surface area contributed by atoms with E-state index >= 15 is 0 Å². The molecule has 0 spiro atoms. The van der Waals surface area contributed by atoms with E-state index in [2.05, 4.69) is 23.6 Å². The molecule has 0 bridgehead atoms. The van der Waals surface area contributed by atoms with Crippen molar-refractivity contribution in [1.82, 2.24) is 9.80 Å². The Labute approximate surface area is 58.4 Å². The van der Waals surface area contributed by atoms with Crippen LogP contribution in [0.15, 0.2) is 0 Å². The first-order chi connectivity index (χ1) is 3.89. The predicted octanol–water partition coefficient (Wildman–Crippen LogP) is 0.660. The van der Waals surface area contributed by atoms with Gasteiger partial charge in [0.15, 0.2) is 0 Å². The third-order valence-electron chi connectivity index (χ3n) is 1.93. The molecule has 0 saturated carbocycles. The number of rotatable bonds is 2. The maximum absolute atomic E-state index is 4.02. The van der Waals surface area contributed by atoms with Crippen LogP contribution in [-0.4, -0.2) is 43.7 Å². The summed E-state index contributed by atoms with van der Waals surface area (Å²) in [6, 6.07) is 0. The SMILES string of the molecule is [CH2]C(C)(N(C)C)N(C)C. The smallest absolute Gasteiger partial charge is 0.0699 e. The maximum atomic E-state index is 4.02. The summed E-state index contributed by atoms with van der Waals surface area (Å²) in [7, 11) is 8.08. The van der Waals surface area contributed by atoms with Crippen molar-refractivity contribution in [1.29, 1.82) is 0 Å². The van der Waals surface area contributed by atoms with Gasteiger partial charge in [0.25, 0.3) is 0 Å². The van der Waals surface area contributed by atoms with Crippen molar-refractivity contribution in [3.8, 4) is 0 Å². The van der Waals surface area contributed by atoms with Crippen molar-refractivity contribution in [2.75, 3.05) is 28.2 Å². The number of hydrogen-bond acceptors (Lipinski definition) is 2. The minimum Gasteiger partial charge on any atom is -0.292 e. The minimum absolute atomic E-state index is 0.0833. The second kappa shape index (κ2) is 2.67. The highest BCUT2D eigenvalue weighted by Gasteiger charge is 2.22. The highest BCUT2D eigenvalue weighted by atomic mass is 15.3. The topological polar surface area (TPSA) is 6.48 Å². The van der Waals surface area contributed by atoms with Crippen LogP contribution in [0.2, 0.25) is 0 Å². The molecule has 0 amide bonds. The average molecular weight is 129 g/mol. The second-order valence-corrected chi connectivity index (χ2v) is 3.01. The first-order valence-corrected chi connectivity index (χ1v) is 3.09. The van der Waals surface area contributed by atoms with Crippen molar-refractivity contribution in [3.05, 3.63) is 6.92 Å². The Morgan fingerprint density at radius 2 is 1.22 bits per heavy atom. The normalized spacial score (nSPS) is 13.3. The molecule has 0 aromatic rings. The standard InChI is InChI=1S/C7H17N2/c1-7(2,8(3)4)9(5)6/h1H2,2-6H3. The molecule has 2 nitrogen and oxygen atoms in total. The average Bonchev–Trinajstić information content (AvgIpc) is 1.65. The first kappa shape index (κ1) is 8.92. The number of nitrogens with zero attached hydrogens (tertiary/aromatic N) is 2. The minimum atomic E-state index is -0.0833. The fraction of sp³-hybridized carbons (Fsp3) is 0.857. The van der Waals surface area contributed by atoms with Crippen molar-refractivity contribution < 1.29 is 0 Å². The van der Waals surface area contributed by atoms with Crippen molar-refractivity contribution >= 4 is 0 Å². The highest BCUT2D eigenvalue weighted by Crippen LogP contribution is 2.10. The van der Waals surface area contributed by atoms with Gasteiger partial charge in [0.1, 0.15) is 0 Å². The van der Waals surface area contributed by atoms with Gasteiger partial charge < -0.3 is 0 Å². The van der Waals surface area contributed by atoms with E-state index in [9.17, 15) is 0 Å². The molecule has 0 saturated heterocycles. The van der Waals surface area contributed by atoms with Crippen LogP contribution < -0.4 is 0 Å². The van der Waals surface area contributed by atoms with E-state index in [1.807, 2.05) is 28.2 Å². The van der Waals surface area contributed by atoms with Gasteiger partial charge in [-0.15, -0.1) is 0 Å². The highest BCUT2D eigenvalue weighted by molar-refractivity contribution is 4.81. The van der Waals surface area contributed by atoms with E-state index in [-0.39, 0.29) is 5.66 Å². The lowest BCUT2D eigenvalue weighted by Gasteiger charge is -2.38. The van der Waals surface area contributed by atoms with E-state index in [1.165, 1.54) is 0 Å². The lowest BCUT2D eigenvalue weighted by molar-refractivity contribution is 0.0660. The molecule has 0 aromatic heterocycles. The molecule has 55 valence electrons. The van der Waals surface area contributed by atoms with Gasteiger partial charge in [0.05, 0.1) is 5.66 Å². The Hall–Kier alpha value is -0.0800. The molecule has 0 aliphatic heterocycles. The van der Waals surface area contributed by atoms with Gasteiger partial charge in [-0.2, -0.15) is 0 Å². The van der Waals surface area contributed by atoms with E-state index in [0.29, 0.717) is 0 Å². The largest absolute Gasteiger partial charge is 0.292 e. The van der Waals surface area contributed by atoms with Crippen molar-refractivity contribution in [3.63, 3.8) is 0 Å². The fourth-order valence-corrected chi connectivity index (χ4v) is 0.400. The van der Waals surface area contributed by atoms with Crippen LogP contribution in [-0.2, 0) is 0 Å². The van der Waals surface area contributed by atoms with Crippen molar-refractivity contribution in [2.45, 2.75) is 12.6 Å². The zero-order chi connectivity index (χ0) is 7.65. The summed E-state index contributed by atoms with van der Waals surface area (Å²) >= 11 is 0. The summed E-state index contributed by atoms with van der Waals surface area (Å²) in [5, 5.41) is 0. The summed E-state index contributed by atoms with van der Waals surface area (Å²) in [4.78, 5) is 4.15. The van der Waals surface area contributed by atoms with Crippen LogP contribution in [0.5, 0.6) is 0 Å². The molecule has 0 aliphatic rings.